The summed E-state index contributed by atoms with van der Waals surface area (Å²) in [6.45, 7) is 5.63. The van der Waals surface area contributed by atoms with Gasteiger partial charge in [0.05, 0.1) is 10.9 Å². The molecule has 1 aliphatic heterocycles. The number of likely N-dealkylation sites (N-methyl/N-ethyl adjacent to an activating group) is 1. The number of hydrogen-bond donors (Lipinski definition) is 1. The molecular formula is C17H20ClN5OS. The Hall–Kier alpha value is -1.67. The summed E-state index contributed by atoms with van der Waals surface area (Å²) in [6, 6.07) is 7.75. The van der Waals surface area contributed by atoms with Gasteiger partial charge in [-0.2, -0.15) is 4.52 Å². The minimum Gasteiger partial charge on any atom is -0.492 e. The third-order valence-corrected chi connectivity index (χ3v) is 6.07. The van der Waals surface area contributed by atoms with Crippen LogP contribution >= 0.6 is 22.9 Å². The summed E-state index contributed by atoms with van der Waals surface area (Å²) in [5.41, 5.74) is 1.00. The van der Waals surface area contributed by atoms with Crippen molar-refractivity contribution in [2.75, 3.05) is 33.2 Å². The van der Waals surface area contributed by atoms with Gasteiger partial charge in [-0.15, -0.1) is 5.10 Å². The van der Waals surface area contributed by atoms with Crippen molar-refractivity contribution < 1.29 is 5.11 Å². The van der Waals surface area contributed by atoms with Gasteiger partial charge in [0.1, 0.15) is 5.82 Å². The van der Waals surface area contributed by atoms with Crippen LogP contribution in [0.1, 0.15) is 22.3 Å². The summed E-state index contributed by atoms with van der Waals surface area (Å²) in [4.78, 5) is 10.6. The highest BCUT2D eigenvalue weighted by molar-refractivity contribution is 7.17. The summed E-state index contributed by atoms with van der Waals surface area (Å²) in [6.07, 6.45) is 0. The number of piperazine rings is 1. The predicted molar refractivity (Wildman–Crippen MR) is 99.6 cm³/mol. The Labute approximate surface area is 155 Å². The van der Waals surface area contributed by atoms with Crippen LogP contribution in [0.25, 0.3) is 4.96 Å². The molecule has 1 N–H and O–H groups in total. The van der Waals surface area contributed by atoms with Crippen LogP contribution in [-0.4, -0.2) is 62.7 Å². The van der Waals surface area contributed by atoms with Gasteiger partial charge < -0.3 is 10.0 Å². The molecule has 1 aromatic carbocycles. The lowest BCUT2D eigenvalue weighted by Crippen LogP contribution is -2.46. The maximum Gasteiger partial charge on any atom is 0.230 e. The Morgan fingerprint density at radius 2 is 1.92 bits per heavy atom. The smallest absolute Gasteiger partial charge is 0.230 e. The van der Waals surface area contributed by atoms with Crippen LogP contribution in [0.15, 0.2) is 24.3 Å². The molecule has 2 aromatic heterocycles. The van der Waals surface area contributed by atoms with E-state index in [1.54, 1.807) is 0 Å². The van der Waals surface area contributed by atoms with Crippen LogP contribution in [0.4, 0.5) is 0 Å². The maximum absolute atomic E-state index is 10.8. The Bertz CT molecular complexity index is 900. The highest BCUT2D eigenvalue weighted by Gasteiger charge is 2.32. The number of fused-ring (bicyclic) bond motifs is 1. The highest BCUT2D eigenvalue weighted by atomic mass is 35.5. The quantitative estimate of drug-likeness (QED) is 0.760. The molecular weight excluding hydrogens is 358 g/mol. The lowest BCUT2D eigenvalue weighted by atomic mass is 10.0. The standard InChI is InChI=1S/C17H20ClN5OS/c1-11-19-17-23(20-11)16(24)15(25-17)14(12-5-3-4-6-13(12)18)22-9-7-21(2)8-10-22/h3-6,14,24H,7-10H2,1-2H3/t14-/m1/s1. The van der Waals surface area contributed by atoms with Crippen LogP contribution in [0.2, 0.25) is 5.02 Å². The van der Waals surface area contributed by atoms with E-state index in [4.69, 9.17) is 11.6 Å². The molecule has 0 spiro atoms. The van der Waals surface area contributed by atoms with E-state index in [1.165, 1.54) is 15.9 Å². The molecule has 3 aromatic rings. The number of halogens is 1. The molecule has 4 rings (SSSR count). The van der Waals surface area contributed by atoms with Crippen LogP contribution in [0, 0.1) is 6.92 Å². The van der Waals surface area contributed by atoms with Crippen molar-refractivity contribution in [1.82, 2.24) is 24.4 Å². The molecule has 0 saturated carbocycles. The van der Waals surface area contributed by atoms with Crippen molar-refractivity contribution in [3.8, 4) is 5.88 Å². The van der Waals surface area contributed by atoms with Crippen LogP contribution < -0.4 is 0 Å². The molecule has 1 saturated heterocycles. The summed E-state index contributed by atoms with van der Waals surface area (Å²) >= 11 is 7.99. The fourth-order valence-corrected chi connectivity index (χ4v) is 4.70. The minimum atomic E-state index is -0.101. The number of benzene rings is 1. The maximum atomic E-state index is 10.8. The summed E-state index contributed by atoms with van der Waals surface area (Å²) in [5.74, 6) is 0.812. The van der Waals surface area contributed by atoms with Crippen molar-refractivity contribution in [1.29, 1.82) is 0 Å². The number of nitrogens with zero attached hydrogens (tertiary/aromatic N) is 5. The molecule has 3 heterocycles. The van der Waals surface area contributed by atoms with Gasteiger partial charge in [-0.05, 0) is 25.6 Å². The van der Waals surface area contributed by atoms with Gasteiger partial charge in [-0.3, -0.25) is 4.90 Å². The Morgan fingerprint density at radius 3 is 2.60 bits per heavy atom. The highest BCUT2D eigenvalue weighted by Crippen LogP contribution is 2.42. The van der Waals surface area contributed by atoms with Gasteiger partial charge in [0.25, 0.3) is 0 Å². The molecule has 1 aliphatic rings. The molecule has 0 unspecified atom stereocenters. The molecule has 0 aliphatic carbocycles. The molecule has 0 amide bonds. The molecule has 0 bridgehead atoms. The van der Waals surface area contributed by atoms with Crippen molar-refractivity contribution >= 4 is 27.9 Å². The van der Waals surface area contributed by atoms with Crippen molar-refractivity contribution in [3.05, 3.63) is 45.6 Å². The van der Waals surface area contributed by atoms with Gasteiger partial charge >= 0.3 is 0 Å². The second-order valence-electron chi connectivity index (χ2n) is 6.41. The number of rotatable bonds is 3. The zero-order valence-corrected chi connectivity index (χ0v) is 15.8. The van der Waals surface area contributed by atoms with Crippen molar-refractivity contribution in [2.24, 2.45) is 0 Å². The SMILES string of the molecule is Cc1nc2sc([C@@H](c3ccccc3Cl)N3CCN(C)CC3)c(O)n2n1. The monoisotopic (exact) mass is 377 g/mol. The second-order valence-corrected chi connectivity index (χ2v) is 7.82. The molecule has 25 heavy (non-hydrogen) atoms. The first-order valence-corrected chi connectivity index (χ1v) is 9.46. The molecule has 0 radical (unpaired) electrons. The summed E-state index contributed by atoms with van der Waals surface area (Å²) < 4.78 is 1.52. The first kappa shape index (κ1) is 16.8. The predicted octanol–water partition coefficient (Wildman–Crippen LogP) is 2.80. The van der Waals surface area contributed by atoms with E-state index >= 15 is 0 Å². The number of hydrogen-bond acceptors (Lipinski definition) is 6. The van der Waals surface area contributed by atoms with E-state index in [2.05, 4.69) is 26.9 Å². The lowest BCUT2D eigenvalue weighted by molar-refractivity contribution is 0.127. The van der Waals surface area contributed by atoms with Gasteiger partial charge in [-0.25, -0.2) is 4.98 Å². The van der Waals surface area contributed by atoms with Crippen LogP contribution in [0.5, 0.6) is 5.88 Å². The van der Waals surface area contributed by atoms with Crippen molar-refractivity contribution in [3.63, 3.8) is 0 Å². The normalized spacial score (nSPS) is 18.0. The van der Waals surface area contributed by atoms with E-state index < -0.39 is 0 Å². The summed E-state index contributed by atoms with van der Waals surface area (Å²) in [5, 5.41) is 15.8. The van der Waals surface area contributed by atoms with Gasteiger partial charge in [-0.1, -0.05) is 41.1 Å². The Kier molecular flexibility index (Phi) is 4.41. The van der Waals surface area contributed by atoms with E-state index in [-0.39, 0.29) is 11.9 Å². The molecule has 1 fully saturated rings. The third-order valence-electron chi connectivity index (χ3n) is 4.66. The molecule has 8 heteroatoms. The van der Waals surface area contributed by atoms with Gasteiger partial charge in [0.2, 0.25) is 10.8 Å². The van der Waals surface area contributed by atoms with Crippen LogP contribution in [0.3, 0.4) is 0 Å². The lowest BCUT2D eigenvalue weighted by Gasteiger charge is -2.38. The van der Waals surface area contributed by atoms with Crippen LogP contribution in [-0.2, 0) is 0 Å². The number of aromatic hydroxyl groups is 1. The summed E-state index contributed by atoms with van der Waals surface area (Å²) in [7, 11) is 2.13. The Balaban J connectivity index is 1.83. The fraction of sp³-hybridized carbons (Fsp3) is 0.412. The molecule has 132 valence electrons. The minimum absolute atomic E-state index is 0.101. The molecule has 6 nitrogen and oxygen atoms in total. The zero-order chi connectivity index (χ0) is 17.6. The van der Waals surface area contributed by atoms with E-state index in [0.29, 0.717) is 15.8 Å². The van der Waals surface area contributed by atoms with E-state index in [1.807, 2.05) is 31.2 Å². The first-order valence-electron chi connectivity index (χ1n) is 8.26. The molecule has 1 atom stereocenters. The topological polar surface area (TPSA) is 56.9 Å². The average Bonchev–Trinajstić information content (AvgIpc) is 3.09. The number of aromatic nitrogens is 3. The fourth-order valence-electron chi connectivity index (χ4n) is 3.31. The Morgan fingerprint density at radius 1 is 1.20 bits per heavy atom. The zero-order valence-electron chi connectivity index (χ0n) is 14.2. The second kappa shape index (κ2) is 6.57. The van der Waals surface area contributed by atoms with Gasteiger partial charge in [0, 0.05) is 31.2 Å². The third kappa shape index (κ3) is 3.01. The van der Waals surface area contributed by atoms with E-state index in [9.17, 15) is 5.11 Å². The largest absolute Gasteiger partial charge is 0.492 e. The van der Waals surface area contributed by atoms with E-state index in [0.717, 1.165) is 36.6 Å². The first-order chi connectivity index (χ1) is 12.0. The number of aryl methyl sites for hydroxylation is 1. The van der Waals surface area contributed by atoms with Gasteiger partial charge in [0.15, 0.2) is 0 Å². The van der Waals surface area contributed by atoms with Crippen molar-refractivity contribution in [2.45, 2.75) is 13.0 Å². The number of thiazole rings is 1. The average molecular weight is 378 g/mol.